The smallest absolute Gasteiger partial charge is 0.0431 e. The van der Waals surface area contributed by atoms with Gasteiger partial charge in [0.05, 0.1) is 0 Å². The van der Waals surface area contributed by atoms with Crippen molar-refractivity contribution in [1.82, 2.24) is 0 Å². The first-order chi connectivity index (χ1) is 9.41. The van der Waals surface area contributed by atoms with Crippen molar-refractivity contribution in [3.8, 4) is 0 Å². The van der Waals surface area contributed by atoms with Crippen molar-refractivity contribution in [2.75, 3.05) is 6.61 Å². The van der Waals surface area contributed by atoms with Gasteiger partial charge in [-0.2, -0.15) is 0 Å². The van der Waals surface area contributed by atoms with Crippen LogP contribution in [0.3, 0.4) is 0 Å². The van der Waals surface area contributed by atoms with Gasteiger partial charge in [0, 0.05) is 6.61 Å². The van der Waals surface area contributed by atoms with E-state index in [0.717, 1.165) is 32.1 Å². The first kappa shape index (κ1) is 18.2. The van der Waals surface area contributed by atoms with Crippen LogP contribution < -0.4 is 0 Å². The number of aliphatic hydroxyl groups excluding tert-OH is 1. The van der Waals surface area contributed by atoms with Crippen molar-refractivity contribution in [1.29, 1.82) is 0 Å². The molecular formula is C18H32O. The van der Waals surface area contributed by atoms with Crippen LogP contribution in [-0.2, 0) is 0 Å². The van der Waals surface area contributed by atoms with Crippen molar-refractivity contribution in [3.05, 3.63) is 36.5 Å². The van der Waals surface area contributed by atoms with Gasteiger partial charge in [-0.25, -0.2) is 0 Å². The van der Waals surface area contributed by atoms with Crippen LogP contribution in [0, 0.1) is 0 Å². The van der Waals surface area contributed by atoms with Crippen molar-refractivity contribution in [2.45, 2.75) is 71.1 Å². The second-order valence-corrected chi connectivity index (χ2v) is 4.95. The molecule has 0 aliphatic carbocycles. The molecule has 0 rings (SSSR count). The van der Waals surface area contributed by atoms with Crippen molar-refractivity contribution >= 4 is 0 Å². The van der Waals surface area contributed by atoms with E-state index in [1.165, 1.54) is 32.1 Å². The Morgan fingerprint density at radius 2 is 1.16 bits per heavy atom. The molecule has 1 heteroatoms. The van der Waals surface area contributed by atoms with Crippen molar-refractivity contribution in [3.63, 3.8) is 0 Å². The Kier molecular flexibility index (Phi) is 16.4. The van der Waals surface area contributed by atoms with E-state index < -0.39 is 0 Å². The van der Waals surface area contributed by atoms with Crippen molar-refractivity contribution in [2.24, 2.45) is 0 Å². The molecule has 0 radical (unpaired) electrons. The summed E-state index contributed by atoms with van der Waals surface area (Å²) in [4.78, 5) is 0. The maximum Gasteiger partial charge on any atom is 0.0431 e. The van der Waals surface area contributed by atoms with Gasteiger partial charge in [-0.3, -0.25) is 0 Å². The number of unbranched alkanes of at least 4 members (excludes halogenated alkanes) is 6. The summed E-state index contributed by atoms with van der Waals surface area (Å²) in [5.74, 6) is 0. The van der Waals surface area contributed by atoms with E-state index in [-0.39, 0.29) is 0 Å². The van der Waals surface area contributed by atoms with E-state index in [1.54, 1.807) is 0 Å². The molecule has 0 saturated carbocycles. The predicted octanol–water partition coefficient (Wildman–Crippen LogP) is 5.57. The Morgan fingerprint density at radius 3 is 1.68 bits per heavy atom. The van der Waals surface area contributed by atoms with E-state index >= 15 is 0 Å². The number of hydrogen-bond donors (Lipinski definition) is 1. The monoisotopic (exact) mass is 264 g/mol. The molecule has 0 aromatic rings. The minimum absolute atomic E-state index is 0.332. The third-order valence-electron chi connectivity index (χ3n) is 3.05. The van der Waals surface area contributed by atoms with Crippen LogP contribution in [0.4, 0.5) is 0 Å². The predicted molar refractivity (Wildman–Crippen MR) is 86.3 cm³/mol. The van der Waals surface area contributed by atoms with Gasteiger partial charge < -0.3 is 5.11 Å². The lowest BCUT2D eigenvalue weighted by atomic mass is 10.2. The minimum Gasteiger partial charge on any atom is -0.396 e. The summed E-state index contributed by atoms with van der Waals surface area (Å²) in [5, 5.41) is 8.64. The van der Waals surface area contributed by atoms with Crippen LogP contribution in [-0.4, -0.2) is 11.7 Å². The maximum absolute atomic E-state index is 8.64. The molecule has 0 heterocycles. The molecule has 0 aromatic heterocycles. The summed E-state index contributed by atoms with van der Waals surface area (Å²) in [5.41, 5.74) is 0. The largest absolute Gasteiger partial charge is 0.396 e. The highest BCUT2D eigenvalue weighted by Gasteiger charge is 1.84. The van der Waals surface area contributed by atoms with Crippen LogP contribution in [0.2, 0.25) is 0 Å². The van der Waals surface area contributed by atoms with Gasteiger partial charge in [0.1, 0.15) is 0 Å². The normalized spacial score (nSPS) is 12.3. The molecule has 110 valence electrons. The summed E-state index contributed by atoms with van der Waals surface area (Å²) in [6.45, 7) is 2.57. The van der Waals surface area contributed by atoms with Gasteiger partial charge in [0.2, 0.25) is 0 Å². The fraction of sp³-hybridized carbons (Fsp3) is 0.667. The molecule has 19 heavy (non-hydrogen) atoms. The second kappa shape index (κ2) is 17.2. The molecule has 0 atom stereocenters. The third-order valence-corrected chi connectivity index (χ3v) is 3.05. The quantitative estimate of drug-likeness (QED) is 0.340. The average Bonchev–Trinajstić information content (AvgIpc) is 2.43. The van der Waals surface area contributed by atoms with Crippen molar-refractivity contribution < 1.29 is 5.11 Å². The average molecular weight is 264 g/mol. The first-order valence-electron chi connectivity index (χ1n) is 7.97. The lowest BCUT2D eigenvalue weighted by molar-refractivity contribution is 0.283. The Hall–Kier alpha value is -0.820. The molecular weight excluding hydrogens is 232 g/mol. The van der Waals surface area contributed by atoms with E-state index in [9.17, 15) is 0 Å². The summed E-state index contributed by atoms with van der Waals surface area (Å²) >= 11 is 0. The maximum atomic E-state index is 8.64. The lowest BCUT2D eigenvalue weighted by Gasteiger charge is -1.93. The van der Waals surface area contributed by atoms with E-state index in [1.807, 2.05) is 0 Å². The van der Waals surface area contributed by atoms with E-state index in [4.69, 9.17) is 5.11 Å². The van der Waals surface area contributed by atoms with E-state index in [0.29, 0.717) is 6.61 Å². The van der Waals surface area contributed by atoms with Crippen LogP contribution in [0.5, 0.6) is 0 Å². The highest BCUT2D eigenvalue weighted by Crippen LogP contribution is 2.02. The fourth-order valence-electron chi connectivity index (χ4n) is 1.84. The number of aliphatic hydroxyl groups is 1. The molecule has 0 bridgehead atoms. The number of hydrogen-bond acceptors (Lipinski definition) is 1. The third kappa shape index (κ3) is 17.2. The molecule has 1 nitrogen and oxygen atoms in total. The SMILES string of the molecule is CCCCC/C=C/C/C=C\C/C=C\CCCCCO. The highest BCUT2D eigenvalue weighted by molar-refractivity contribution is 4.97. The summed E-state index contributed by atoms with van der Waals surface area (Å²) in [6.07, 6.45) is 25.3. The fourth-order valence-corrected chi connectivity index (χ4v) is 1.84. The second-order valence-electron chi connectivity index (χ2n) is 4.95. The van der Waals surface area contributed by atoms with Gasteiger partial charge in [-0.05, 0) is 44.9 Å². The Balaban J connectivity index is 3.26. The van der Waals surface area contributed by atoms with Crippen LogP contribution in [0.25, 0.3) is 0 Å². The number of rotatable bonds is 13. The zero-order chi connectivity index (χ0) is 14.0. The van der Waals surface area contributed by atoms with Crippen LogP contribution >= 0.6 is 0 Å². The molecule has 0 amide bonds. The molecule has 0 saturated heterocycles. The minimum atomic E-state index is 0.332. The van der Waals surface area contributed by atoms with Gasteiger partial charge in [0.15, 0.2) is 0 Å². The first-order valence-corrected chi connectivity index (χ1v) is 7.97. The van der Waals surface area contributed by atoms with Crippen LogP contribution in [0.15, 0.2) is 36.5 Å². The van der Waals surface area contributed by atoms with Crippen LogP contribution in [0.1, 0.15) is 71.1 Å². The standard InChI is InChI=1S/C18H32O/c1-2-3-4-5-6-7-8-9-10-11-12-13-14-15-16-17-18-19/h6-7,9-10,12-13,19H,2-5,8,11,14-18H2,1H3/b7-6+,10-9-,13-12-. The Morgan fingerprint density at radius 1 is 0.632 bits per heavy atom. The Bertz CT molecular complexity index is 238. The molecule has 0 aromatic carbocycles. The summed E-state index contributed by atoms with van der Waals surface area (Å²) in [6, 6.07) is 0. The molecule has 1 N–H and O–H groups in total. The lowest BCUT2D eigenvalue weighted by Crippen LogP contribution is -1.81. The topological polar surface area (TPSA) is 20.2 Å². The zero-order valence-electron chi connectivity index (χ0n) is 12.7. The zero-order valence-corrected chi connectivity index (χ0v) is 12.7. The molecule has 0 aliphatic rings. The molecule has 0 unspecified atom stereocenters. The van der Waals surface area contributed by atoms with E-state index in [2.05, 4.69) is 43.4 Å². The van der Waals surface area contributed by atoms with Gasteiger partial charge in [0.25, 0.3) is 0 Å². The molecule has 0 aliphatic heterocycles. The summed E-state index contributed by atoms with van der Waals surface area (Å²) in [7, 11) is 0. The molecule has 0 fully saturated rings. The number of allylic oxidation sites excluding steroid dienone is 6. The van der Waals surface area contributed by atoms with Gasteiger partial charge in [-0.1, -0.05) is 62.6 Å². The summed E-state index contributed by atoms with van der Waals surface area (Å²) < 4.78 is 0. The molecule has 0 spiro atoms. The Labute approximate surface area is 120 Å². The van der Waals surface area contributed by atoms with Gasteiger partial charge in [-0.15, -0.1) is 0 Å². The van der Waals surface area contributed by atoms with Gasteiger partial charge >= 0.3 is 0 Å². The highest BCUT2D eigenvalue weighted by atomic mass is 16.2.